The number of ether oxygens (including phenoxy) is 2. The van der Waals surface area contributed by atoms with Gasteiger partial charge in [-0.15, -0.1) is 21.5 Å². The van der Waals surface area contributed by atoms with E-state index in [-0.39, 0.29) is 26.9 Å². The number of nitrogens with zero attached hydrogens (tertiary/aromatic N) is 3. The van der Waals surface area contributed by atoms with Gasteiger partial charge in [0.2, 0.25) is 5.91 Å². The molecule has 2 aromatic heterocycles. The zero-order valence-electron chi connectivity index (χ0n) is 19.7. The lowest BCUT2D eigenvalue weighted by Gasteiger charge is -2.10. The fraction of sp³-hybridized carbons (Fsp3) is 0.318. The molecular weight excluding hydrogens is 516 g/mol. The molecule has 192 valence electrons. The van der Waals surface area contributed by atoms with Crippen molar-refractivity contribution in [1.82, 2.24) is 14.8 Å². The molecule has 3 rings (SSSR count). The Labute approximate surface area is 213 Å². The highest BCUT2D eigenvalue weighted by Crippen LogP contribution is 2.34. The SMILES string of the molecule is Cc1c(C(N)=O)sc(NC(=O)CSc2nnc(-c3ccc(OC(F)F)cc3)n2C)c1C(=O)OC(C)C. The van der Waals surface area contributed by atoms with E-state index in [1.54, 1.807) is 44.5 Å². The van der Waals surface area contributed by atoms with Crippen LogP contribution in [0.1, 0.15) is 39.4 Å². The van der Waals surface area contributed by atoms with Crippen molar-refractivity contribution in [1.29, 1.82) is 0 Å². The number of rotatable bonds is 10. The molecule has 0 fully saturated rings. The number of benzene rings is 1. The summed E-state index contributed by atoms with van der Waals surface area (Å²) < 4.78 is 35.9. The topological polar surface area (TPSA) is 138 Å². The summed E-state index contributed by atoms with van der Waals surface area (Å²) in [5.74, 6) is -1.44. The molecule has 10 nitrogen and oxygen atoms in total. The number of primary amides is 1. The third-order valence-electron chi connectivity index (χ3n) is 4.68. The van der Waals surface area contributed by atoms with Crippen LogP contribution >= 0.6 is 23.1 Å². The van der Waals surface area contributed by atoms with Gasteiger partial charge in [0.25, 0.3) is 5.91 Å². The number of thiophene rings is 1. The van der Waals surface area contributed by atoms with Gasteiger partial charge in [-0.2, -0.15) is 8.78 Å². The van der Waals surface area contributed by atoms with Crippen LogP contribution in [0.2, 0.25) is 0 Å². The second-order valence-corrected chi connectivity index (χ2v) is 9.65. The second kappa shape index (κ2) is 11.5. The van der Waals surface area contributed by atoms with Crippen LogP contribution < -0.4 is 15.8 Å². The predicted molar refractivity (Wildman–Crippen MR) is 131 cm³/mol. The van der Waals surface area contributed by atoms with Crippen molar-refractivity contribution in [2.75, 3.05) is 11.1 Å². The molecule has 0 bridgehead atoms. The lowest BCUT2D eigenvalue weighted by molar-refractivity contribution is -0.113. The largest absolute Gasteiger partial charge is 0.459 e. The van der Waals surface area contributed by atoms with E-state index in [2.05, 4.69) is 20.3 Å². The van der Waals surface area contributed by atoms with E-state index in [0.717, 1.165) is 23.1 Å². The van der Waals surface area contributed by atoms with E-state index in [9.17, 15) is 23.2 Å². The average Bonchev–Trinajstić information content (AvgIpc) is 3.31. The number of halogens is 2. The third kappa shape index (κ3) is 6.37. The van der Waals surface area contributed by atoms with Crippen LogP contribution in [0.3, 0.4) is 0 Å². The van der Waals surface area contributed by atoms with Gasteiger partial charge in [0.1, 0.15) is 10.8 Å². The highest BCUT2D eigenvalue weighted by Gasteiger charge is 2.26. The molecule has 14 heteroatoms. The second-order valence-electron chi connectivity index (χ2n) is 7.68. The van der Waals surface area contributed by atoms with Crippen molar-refractivity contribution in [2.24, 2.45) is 12.8 Å². The molecule has 0 saturated carbocycles. The van der Waals surface area contributed by atoms with Crippen LogP contribution in [0, 0.1) is 6.92 Å². The van der Waals surface area contributed by atoms with Crippen LogP contribution in [0.15, 0.2) is 29.4 Å². The zero-order valence-corrected chi connectivity index (χ0v) is 21.3. The number of carbonyl (C=O) groups excluding carboxylic acids is 3. The van der Waals surface area contributed by atoms with Crippen LogP contribution in [0.4, 0.5) is 13.8 Å². The Morgan fingerprint density at radius 1 is 1.19 bits per heavy atom. The van der Waals surface area contributed by atoms with E-state index in [1.807, 2.05) is 0 Å². The highest BCUT2D eigenvalue weighted by atomic mass is 32.2. The summed E-state index contributed by atoms with van der Waals surface area (Å²) in [5, 5.41) is 11.4. The summed E-state index contributed by atoms with van der Waals surface area (Å²) >= 11 is 2.00. The summed E-state index contributed by atoms with van der Waals surface area (Å²) in [5.41, 5.74) is 6.44. The molecule has 36 heavy (non-hydrogen) atoms. The van der Waals surface area contributed by atoms with Gasteiger partial charge >= 0.3 is 12.6 Å². The number of hydrogen-bond donors (Lipinski definition) is 2. The van der Waals surface area contributed by atoms with Crippen LogP contribution in [-0.2, 0) is 16.6 Å². The first kappa shape index (κ1) is 27.1. The van der Waals surface area contributed by atoms with Crippen molar-refractivity contribution < 1.29 is 32.6 Å². The van der Waals surface area contributed by atoms with Gasteiger partial charge in [-0.25, -0.2) is 4.79 Å². The lowest BCUT2D eigenvalue weighted by Crippen LogP contribution is -2.18. The zero-order chi connectivity index (χ0) is 26.6. The fourth-order valence-corrected chi connectivity index (χ4v) is 4.90. The number of anilines is 1. The molecule has 2 amide bonds. The number of alkyl halides is 2. The molecule has 3 N–H and O–H groups in total. The number of nitrogens with one attached hydrogen (secondary N) is 1. The monoisotopic (exact) mass is 539 g/mol. The molecule has 0 aliphatic carbocycles. The Morgan fingerprint density at radius 3 is 2.44 bits per heavy atom. The van der Waals surface area contributed by atoms with Crippen molar-refractivity contribution >= 4 is 45.9 Å². The highest BCUT2D eigenvalue weighted by molar-refractivity contribution is 7.99. The summed E-state index contributed by atoms with van der Waals surface area (Å²) in [4.78, 5) is 37.1. The van der Waals surface area contributed by atoms with E-state index in [1.165, 1.54) is 12.1 Å². The summed E-state index contributed by atoms with van der Waals surface area (Å²) in [7, 11) is 1.70. The molecule has 0 atom stereocenters. The van der Waals surface area contributed by atoms with Crippen molar-refractivity contribution in [3.63, 3.8) is 0 Å². The Kier molecular flexibility index (Phi) is 8.63. The lowest BCUT2D eigenvalue weighted by atomic mass is 10.1. The molecule has 3 aromatic rings. The maximum Gasteiger partial charge on any atom is 0.387 e. The number of thioether (sulfide) groups is 1. The maximum atomic E-state index is 12.7. The van der Waals surface area contributed by atoms with E-state index in [0.29, 0.717) is 22.1 Å². The smallest absolute Gasteiger partial charge is 0.387 e. The normalized spacial score (nSPS) is 11.1. The summed E-state index contributed by atoms with van der Waals surface area (Å²) in [6, 6.07) is 5.91. The van der Waals surface area contributed by atoms with Crippen LogP contribution in [0.25, 0.3) is 11.4 Å². The number of esters is 1. The Balaban J connectivity index is 1.71. The quantitative estimate of drug-likeness (QED) is 0.293. The molecule has 0 spiro atoms. The Bertz CT molecular complexity index is 1270. The Morgan fingerprint density at radius 2 is 1.86 bits per heavy atom. The van der Waals surface area contributed by atoms with Crippen molar-refractivity contribution in [3.05, 3.63) is 40.3 Å². The molecule has 0 aliphatic rings. The molecule has 0 unspecified atom stereocenters. The first-order valence-electron chi connectivity index (χ1n) is 10.5. The number of hydrogen-bond acceptors (Lipinski definition) is 9. The number of aromatic nitrogens is 3. The third-order valence-corrected chi connectivity index (χ3v) is 6.92. The standard InChI is InChI=1S/C22H23F2N5O5S2/c1-10(2)33-20(32)15-11(3)16(17(25)31)36-19(15)26-14(30)9-35-22-28-27-18(29(22)4)12-5-7-13(8-6-12)34-21(23)24/h5-8,10,21H,9H2,1-4H3,(H2,25,31)(H,26,30). The maximum absolute atomic E-state index is 12.7. The molecule has 2 heterocycles. The van der Waals surface area contributed by atoms with Crippen molar-refractivity contribution in [2.45, 2.75) is 38.6 Å². The Hall–Kier alpha value is -3.52. The van der Waals surface area contributed by atoms with Gasteiger partial charge in [0, 0.05) is 12.6 Å². The van der Waals surface area contributed by atoms with Gasteiger partial charge in [0.15, 0.2) is 11.0 Å². The minimum atomic E-state index is -2.92. The minimum absolute atomic E-state index is 0.0159. The fourth-order valence-electron chi connectivity index (χ4n) is 3.13. The van der Waals surface area contributed by atoms with E-state index < -0.39 is 30.5 Å². The van der Waals surface area contributed by atoms with Gasteiger partial charge < -0.3 is 25.1 Å². The van der Waals surface area contributed by atoms with Gasteiger partial charge in [-0.3, -0.25) is 9.59 Å². The minimum Gasteiger partial charge on any atom is -0.459 e. The van der Waals surface area contributed by atoms with Gasteiger partial charge in [-0.1, -0.05) is 11.8 Å². The number of amides is 2. The molecule has 0 saturated heterocycles. The number of nitrogens with two attached hydrogens (primary N) is 1. The average molecular weight is 540 g/mol. The first-order valence-corrected chi connectivity index (χ1v) is 12.3. The molecule has 0 aliphatic heterocycles. The predicted octanol–water partition coefficient (Wildman–Crippen LogP) is 3.85. The van der Waals surface area contributed by atoms with Gasteiger partial charge in [-0.05, 0) is 50.6 Å². The van der Waals surface area contributed by atoms with E-state index >= 15 is 0 Å². The summed E-state index contributed by atoms with van der Waals surface area (Å²) in [6.45, 7) is 2.01. The van der Waals surface area contributed by atoms with Crippen LogP contribution in [0.5, 0.6) is 5.75 Å². The van der Waals surface area contributed by atoms with Crippen LogP contribution in [-0.4, -0.2) is 51.0 Å². The van der Waals surface area contributed by atoms with E-state index in [4.69, 9.17) is 10.5 Å². The van der Waals surface area contributed by atoms with Gasteiger partial charge in [0.05, 0.1) is 22.3 Å². The first-order chi connectivity index (χ1) is 17.0. The molecule has 0 radical (unpaired) electrons. The van der Waals surface area contributed by atoms with Crippen molar-refractivity contribution in [3.8, 4) is 17.1 Å². The molecule has 1 aromatic carbocycles. The summed E-state index contributed by atoms with van der Waals surface area (Å²) in [6.07, 6.45) is -0.397. The molecular formula is C22H23F2N5O5S2. The number of carbonyl (C=O) groups is 3.